The Morgan fingerprint density at radius 2 is 1.05 bits per heavy atom. The van der Waals surface area contributed by atoms with Crippen LogP contribution in [0.5, 0.6) is 0 Å². The molecule has 0 saturated carbocycles. The Morgan fingerprint density at radius 1 is 0.613 bits per heavy atom. The molecule has 0 radical (unpaired) electrons. The highest BCUT2D eigenvalue weighted by Crippen LogP contribution is 2.33. The van der Waals surface area contributed by atoms with Crippen LogP contribution >= 0.6 is 0 Å². The van der Waals surface area contributed by atoms with Crippen LogP contribution in [0.25, 0.3) is 11.1 Å². The number of pyridine rings is 2. The van der Waals surface area contributed by atoms with Crippen LogP contribution in [0, 0.1) is 27.1 Å². The summed E-state index contributed by atoms with van der Waals surface area (Å²) in [7, 11) is 0. The van der Waals surface area contributed by atoms with Crippen LogP contribution in [-0.4, -0.2) is 47.3 Å². The fourth-order valence-corrected chi connectivity index (χ4v) is 5.16. The number of rotatable bonds is 8. The number of morpholine rings is 1. The van der Waals surface area contributed by atoms with Crippen molar-refractivity contribution in [1.29, 1.82) is 0 Å². The van der Waals surface area contributed by atoms with E-state index < -0.39 is 11.7 Å². The Labute approximate surface area is 379 Å². The van der Waals surface area contributed by atoms with E-state index >= 15 is 0 Å². The van der Waals surface area contributed by atoms with Gasteiger partial charge in [0.1, 0.15) is 5.76 Å². The van der Waals surface area contributed by atoms with Crippen LogP contribution in [0.2, 0.25) is 0 Å². The van der Waals surface area contributed by atoms with E-state index in [4.69, 9.17) is 9.15 Å². The topological polar surface area (TPSA) is 51.4 Å². The molecule has 3 aromatic rings. The number of alkyl halides is 3. The second kappa shape index (κ2) is 28.0. The Morgan fingerprint density at radius 3 is 1.40 bits per heavy atom. The van der Waals surface area contributed by atoms with E-state index in [1.165, 1.54) is 28.8 Å². The van der Waals surface area contributed by atoms with Crippen molar-refractivity contribution in [3.63, 3.8) is 0 Å². The van der Waals surface area contributed by atoms with Gasteiger partial charge >= 0.3 is 6.18 Å². The van der Waals surface area contributed by atoms with Gasteiger partial charge in [0.25, 0.3) is 0 Å². The first-order valence-electron chi connectivity index (χ1n) is 21.2. The van der Waals surface area contributed by atoms with Gasteiger partial charge in [-0.15, -0.1) is 0 Å². The molecule has 354 valence electrons. The molecule has 0 amide bonds. The summed E-state index contributed by atoms with van der Waals surface area (Å²) in [5.41, 5.74) is 6.35. The molecule has 0 N–H and O–H groups in total. The number of hydrogen-bond donors (Lipinski definition) is 0. The molecule has 4 heterocycles. The first-order valence-corrected chi connectivity index (χ1v) is 21.2. The van der Waals surface area contributed by atoms with Crippen LogP contribution in [0.3, 0.4) is 0 Å². The minimum atomic E-state index is -4.22. The molecule has 0 unspecified atom stereocenters. The van der Waals surface area contributed by atoms with E-state index in [-0.39, 0.29) is 37.5 Å². The normalized spacial score (nSPS) is 13.0. The molecule has 62 heavy (non-hydrogen) atoms. The van der Waals surface area contributed by atoms with Crippen molar-refractivity contribution < 1.29 is 22.3 Å². The highest BCUT2D eigenvalue weighted by atomic mass is 19.4. The highest BCUT2D eigenvalue weighted by molar-refractivity contribution is 5.66. The van der Waals surface area contributed by atoms with Gasteiger partial charge in [0.15, 0.2) is 0 Å². The zero-order valence-electron chi connectivity index (χ0n) is 40.3. The molecule has 1 aliphatic heterocycles. The molecule has 0 aliphatic carbocycles. The van der Waals surface area contributed by atoms with Crippen LogP contribution in [-0.2, 0) is 11.2 Å². The van der Waals surface area contributed by atoms with Crippen molar-refractivity contribution in [2.24, 2.45) is 27.1 Å². The third-order valence-electron chi connectivity index (χ3n) is 9.32. The number of halogens is 3. The fraction of sp³-hybridized carbons (Fsp3) is 0.593. The van der Waals surface area contributed by atoms with Gasteiger partial charge < -0.3 is 14.1 Å². The number of ether oxygens (including phenoxy) is 1. The van der Waals surface area contributed by atoms with E-state index in [1.807, 2.05) is 69.6 Å². The average Bonchev–Trinajstić information content (AvgIpc) is 3.64. The Balaban J connectivity index is -0.000000699. The molecule has 8 heteroatoms. The van der Waals surface area contributed by atoms with Crippen molar-refractivity contribution in [1.82, 2.24) is 14.9 Å². The van der Waals surface area contributed by atoms with E-state index in [1.54, 1.807) is 18.7 Å². The summed E-state index contributed by atoms with van der Waals surface area (Å²) >= 11 is 0. The average molecular weight is 870 g/mol. The van der Waals surface area contributed by atoms with Crippen molar-refractivity contribution in [2.75, 3.05) is 26.3 Å². The second-order valence-electron chi connectivity index (χ2n) is 21.1. The quantitative estimate of drug-likeness (QED) is 0.211. The number of allylic oxidation sites excluding steroid dienone is 4. The maximum atomic E-state index is 11.9. The standard InChI is InChI=1S/C13H19N.C11H15N.C10H19NO.C9H15F3.C9H14O.2CH4/c1-11(5-8-13(2,3)4)12-6-9-14-10-7-12;1-9(11(2,3)4)10-5-7-12-8-6-10;1-9(10(2,3)4)11-5-7-12-8-6-11;1-7(9(10,11)12)5-6-8(2,3)4;1-9(2,3)7-8-5-4-6-10-8;;/h6-7,9-10H,1,5,8H2,2-4H3;5-8H,1H2,2-4H3;1,5-8H2,2-4H3;1,5-6H2,2-4H3;4-6H,7H2,1-3H3;2*1H4. The Kier molecular flexibility index (Phi) is 28.2. The molecule has 0 bridgehead atoms. The van der Waals surface area contributed by atoms with Crippen LogP contribution in [0.1, 0.15) is 161 Å². The molecule has 1 fully saturated rings. The second-order valence-corrected chi connectivity index (χ2v) is 21.1. The number of hydrogen-bond acceptors (Lipinski definition) is 5. The molecule has 1 aliphatic rings. The first kappa shape index (κ1) is 62.4. The monoisotopic (exact) mass is 870 g/mol. The van der Waals surface area contributed by atoms with Crippen molar-refractivity contribution in [3.8, 4) is 0 Å². The van der Waals surface area contributed by atoms with Gasteiger partial charge in [-0.25, -0.2) is 0 Å². The van der Waals surface area contributed by atoms with Crippen molar-refractivity contribution in [2.45, 2.75) is 157 Å². The van der Waals surface area contributed by atoms with Gasteiger partial charge in [-0.2, -0.15) is 13.2 Å². The largest absolute Gasteiger partial charge is 0.469 e. The van der Waals surface area contributed by atoms with E-state index in [0.717, 1.165) is 50.5 Å². The minimum Gasteiger partial charge on any atom is -0.469 e. The molecule has 4 rings (SSSR count). The number of furan rings is 1. The summed E-state index contributed by atoms with van der Waals surface area (Å²) in [6.07, 6.45) is 8.54. The predicted molar refractivity (Wildman–Crippen MR) is 265 cm³/mol. The highest BCUT2D eigenvalue weighted by Gasteiger charge is 2.32. The molecule has 5 nitrogen and oxygen atoms in total. The van der Waals surface area contributed by atoms with Crippen LogP contribution < -0.4 is 0 Å². The lowest BCUT2D eigenvalue weighted by molar-refractivity contribution is -0.0942. The summed E-state index contributed by atoms with van der Waals surface area (Å²) in [4.78, 5) is 10.3. The van der Waals surface area contributed by atoms with Gasteiger partial charge in [0.05, 0.1) is 19.5 Å². The van der Waals surface area contributed by atoms with Gasteiger partial charge in [-0.1, -0.05) is 145 Å². The van der Waals surface area contributed by atoms with Crippen molar-refractivity contribution in [3.05, 3.63) is 122 Å². The molecular weight excluding hydrogens is 780 g/mol. The fourth-order valence-electron chi connectivity index (χ4n) is 5.16. The molecule has 0 aromatic carbocycles. The Bertz CT molecular complexity index is 1650. The zero-order valence-corrected chi connectivity index (χ0v) is 40.3. The lowest BCUT2D eigenvalue weighted by atomic mass is 9.84. The summed E-state index contributed by atoms with van der Waals surface area (Å²) in [5, 5.41) is 0. The third-order valence-corrected chi connectivity index (χ3v) is 9.32. The number of nitrogens with zero attached hydrogens (tertiary/aromatic N) is 3. The maximum absolute atomic E-state index is 11.9. The van der Waals surface area contributed by atoms with Crippen molar-refractivity contribution >= 4 is 11.1 Å². The van der Waals surface area contributed by atoms with Crippen LogP contribution in [0.15, 0.2) is 109 Å². The third kappa shape index (κ3) is 31.0. The molecular formula is C54H90F3N3O2. The molecule has 3 aromatic heterocycles. The van der Waals surface area contributed by atoms with Gasteiger partial charge in [-0.3, -0.25) is 9.97 Å². The van der Waals surface area contributed by atoms with Gasteiger partial charge in [0, 0.05) is 61.0 Å². The lowest BCUT2D eigenvalue weighted by Gasteiger charge is -2.36. The Hall–Kier alpha value is -3.91. The van der Waals surface area contributed by atoms with Gasteiger partial charge in [-0.05, 0) is 106 Å². The van der Waals surface area contributed by atoms with Gasteiger partial charge in [0.2, 0.25) is 0 Å². The summed E-state index contributed by atoms with van der Waals surface area (Å²) < 4.78 is 46.3. The smallest absolute Gasteiger partial charge is 0.412 e. The SMILES string of the molecule is C.C.C=C(CCC(C)(C)C)C(F)(F)F.C=C(CCC(C)(C)C)c1ccncc1.C=C(N1CCOCC1)C(C)(C)C.C=C(c1ccncc1)C(C)(C)C.CC(C)(C)Cc1ccco1. The van der Waals surface area contributed by atoms with E-state index in [9.17, 15) is 13.2 Å². The lowest BCUT2D eigenvalue weighted by Crippen LogP contribution is -2.38. The van der Waals surface area contributed by atoms with Crippen LogP contribution in [0.4, 0.5) is 13.2 Å². The minimum absolute atomic E-state index is 0. The zero-order chi connectivity index (χ0) is 46.6. The summed E-state index contributed by atoms with van der Waals surface area (Å²) in [5.74, 6) is 1.08. The molecule has 0 atom stereocenters. The first-order chi connectivity index (χ1) is 27.2. The maximum Gasteiger partial charge on any atom is 0.412 e. The summed E-state index contributed by atoms with van der Waals surface area (Å²) in [6.45, 7) is 51.2. The summed E-state index contributed by atoms with van der Waals surface area (Å²) in [6, 6.07) is 12.0. The molecule has 0 spiro atoms. The van der Waals surface area contributed by atoms with E-state index in [0.29, 0.717) is 17.3 Å². The molecule has 1 saturated heterocycles. The number of aromatic nitrogens is 2. The predicted octanol–water partition coefficient (Wildman–Crippen LogP) is 17.0. The van der Waals surface area contributed by atoms with E-state index in [2.05, 4.69) is 124 Å².